The van der Waals surface area contributed by atoms with Crippen molar-refractivity contribution in [2.45, 2.75) is 52.1 Å². The summed E-state index contributed by atoms with van der Waals surface area (Å²) in [5.74, 6) is -0.688. The van der Waals surface area contributed by atoms with Gasteiger partial charge in [0.25, 0.3) is 0 Å². The first-order valence-electron chi connectivity index (χ1n) is 8.11. The summed E-state index contributed by atoms with van der Waals surface area (Å²) >= 11 is 0. The Bertz CT molecular complexity index is 418. The largest absolute Gasteiger partial charge is 0.481 e. The molecule has 1 heterocycles. The van der Waals surface area contributed by atoms with Crippen LogP contribution in [-0.2, 0) is 9.53 Å². The maximum absolute atomic E-state index is 12.0. The number of rotatable bonds is 5. The Kier molecular flexibility index (Phi) is 5.00. The number of carboxylic acids is 1. The summed E-state index contributed by atoms with van der Waals surface area (Å²) in [6.07, 6.45) is 3.09. The number of hydrogen-bond donors (Lipinski definition) is 1. The van der Waals surface area contributed by atoms with Crippen molar-refractivity contribution in [2.24, 2.45) is 5.41 Å². The zero-order valence-corrected chi connectivity index (χ0v) is 13.9. The molecule has 22 heavy (non-hydrogen) atoms. The lowest BCUT2D eigenvalue weighted by Gasteiger charge is -2.36. The normalized spacial score (nSPS) is 21.5. The van der Waals surface area contributed by atoms with Crippen molar-refractivity contribution in [1.82, 2.24) is 9.80 Å². The number of carbonyl (C=O) groups is 2. The topological polar surface area (TPSA) is 70.1 Å². The number of ether oxygens (including phenoxy) is 1. The van der Waals surface area contributed by atoms with E-state index in [0.717, 1.165) is 38.9 Å². The van der Waals surface area contributed by atoms with Gasteiger partial charge in [0, 0.05) is 26.2 Å². The fourth-order valence-electron chi connectivity index (χ4n) is 2.89. The Morgan fingerprint density at radius 2 is 1.73 bits per heavy atom. The lowest BCUT2D eigenvalue weighted by molar-refractivity contribution is -0.138. The van der Waals surface area contributed by atoms with Crippen LogP contribution in [0.2, 0.25) is 0 Å². The van der Waals surface area contributed by atoms with E-state index >= 15 is 0 Å². The summed E-state index contributed by atoms with van der Waals surface area (Å²) in [5.41, 5.74) is -0.405. The molecule has 2 fully saturated rings. The highest BCUT2D eigenvalue weighted by molar-refractivity contribution is 5.68. The maximum atomic E-state index is 12.0. The van der Waals surface area contributed by atoms with Gasteiger partial charge < -0.3 is 14.7 Å². The van der Waals surface area contributed by atoms with Gasteiger partial charge in [0.1, 0.15) is 5.60 Å². The molecule has 1 aliphatic heterocycles. The van der Waals surface area contributed by atoms with Crippen molar-refractivity contribution < 1.29 is 19.4 Å². The van der Waals surface area contributed by atoms with Crippen LogP contribution in [0, 0.1) is 5.41 Å². The minimum Gasteiger partial charge on any atom is -0.481 e. The average Bonchev–Trinajstić information content (AvgIpc) is 3.14. The summed E-state index contributed by atoms with van der Waals surface area (Å²) in [5, 5.41) is 8.94. The van der Waals surface area contributed by atoms with E-state index < -0.39 is 11.6 Å². The highest BCUT2D eigenvalue weighted by atomic mass is 16.6. The molecule has 0 bridgehead atoms. The van der Waals surface area contributed by atoms with Crippen LogP contribution in [0.15, 0.2) is 0 Å². The maximum Gasteiger partial charge on any atom is 0.410 e. The number of aliphatic carboxylic acids is 1. The molecule has 0 aromatic heterocycles. The number of carbonyl (C=O) groups excluding carboxylic acids is 1. The lowest BCUT2D eigenvalue weighted by Crippen LogP contribution is -2.50. The SMILES string of the molecule is CC(C)(C)OC(=O)N1CCN(CCC2(CC(=O)O)CC2)CC1. The van der Waals surface area contributed by atoms with Crippen LogP contribution in [0.25, 0.3) is 0 Å². The number of piperazine rings is 1. The molecular formula is C16H28N2O4. The van der Waals surface area contributed by atoms with E-state index in [2.05, 4.69) is 4.90 Å². The smallest absolute Gasteiger partial charge is 0.410 e. The van der Waals surface area contributed by atoms with Gasteiger partial charge in [-0.2, -0.15) is 0 Å². The summed E-state index contributed by atoms with van der Waals surface area (Å²) in [7, 11) is 0. The molecule has 1 saturated heterocycles. The molecule has 0 atom stereocenters. The first-order valence-corrected chi connectivity index (χ1v) is 8.11. The first-order chi connectivity index (χ1) is 10.2. The highest BCUT2D eigenvalue weighted by Crippen LogP contribution is 2.51. The van der Waals surface area contributed by atoms with Crippen LogP contribution in [0.1, 0.15) is 46.5 Å². The Labute approximate surface area is 132 Å². The Hall–Kier alpha value is -1.30. The molecule has 2 rings (SSSR count). The van der Waals surface area contributed by atoms with Crippen LogP contribution in [0.4, 0.5) is 4.79 Å². The third-order valence-electron chi connectivity index (χ3n) is 4.47. The van der Waals surface area contributed by atoms with Crippen LogP contribution in [0.5, 0.6) is 0 Å². The van der Waals surface area contributed by atoms with Crippen molar-refractivity contribution in [3.63, 3.8) is 0 Å². The minimum absolute atomic E-state index is 0.0497. The van der Waals surface area contributed by atoms with Gasteiger partial charge in [-0.3, -0.25) is 9.69 Å². The molecule has 126 valence electrons. The number of nitrogens with zero attached hydrogens (tertiary/aromatic N) is 2. The van der Waals surface area contributed by atoms with Gasteiger partial charge in [-0.05, 0) is 52.0 Å². The van der Waals surface area contributed by atoms with Crippen molar-refractivity contribution in [3.8, 4) is 0 Å². The standard InChI is InChI=1S/C16H28N2O4/c1-15(2,3)22-14(21)18-10-8-17(9-11-18)7-6-16(4-5-16)12-13(19)20/h4-12H2,1-3H3,(H,19,20). The van der Waals surface area contributed by atoms with Gasteiger partial charge in [-0.1, -0.05) is 0 Å². The average molecular weight is 312 g/mol. The Morgan fingerprint density at radius 1 is 1.14 bits per heavy atom. The van der Waals surface area contributed by atoms with Crippen LogP contribution in [0.3, 0.4) is 0 Å². The van der Waals surface area contributed by atoms with Crippen LogP contribution >= 0.6 is 0 Å². The minimum atomic E-state index is -0.688. The van der Waals surface area contributed by atoms with Gasteiger partial charge in [-0.25, -0.2) is 4.79 Å². The van der Waals surface area contributed by atoms with E-state index in [-0.39, 0.29) is 11.5 Å². The van der Waals surface area contributed by atoms with Crippen molar-refractivity contribution in [3.05, 3.63) is 0 Å². The van der Waals surface area contributed by atoms with E-state index in [9.17, 15) is 9.59 Å². The van der Waals surface area contributed by atoms with E-state index in [1.165, 1.54) is 0 Å². The van der Waals surface area contributed by atoms with Gasteiger partial charge in [0.15, 0.2) is 0 Å². The van der Waals surface area contributed by atoms with E-state index in [1.807, 2.05) is 20.8 Å². The molecule has 1 saturated carbocycles. The third-order valence-corrected chi connectivity index (χ3v) is 4.47. The Balaban J connectivity index is 1.69. The fraction of sp³-hybridized carbons (Fsp3) is 0.875. The molecule has 0 spiro atoms. The summed E-state index contributed by atoms with van der Waals surface area (Å²) in [6, 6.07) is 0. The predicted octanol–water partition coefficient (Wildman–Crippen LogP) is 2.18. The van der Waals surface area contributed by atoms with E-state index in [0.29, 0.717) is 19.5 Å². The second-order valence-electron chi connectivity index (χ2n) is 7.63. The number of amides is 1. The van der Waals surface area contributed by atoms with Gasteiger partial charge in [0.05, 0.1) is 6.42 Å². The van der Waals surface area contributed by atoms with Gasteiger partial charge >= 0.3 is 12.1 Å². The second kappa shape index (κ2) is 6.44. The van der Waals surface area contributed by atoms with E-state index in [1.54, 1.807) is 4.90 Å². The molecule has 0 aromatic rings. The molecule has 6 heteroatoms. The Morgan fingerprint density at radius 3 is 2.18 bits per heavy atom. The zero-order chi connectivity index (χ0) is 16.4. The summed E-state index contributed by atoms with van der Waals surface area (Å²) in [4.78, 5) is 26.9. The molecule has 0 aromatic carbocycles. The number of hydrogen-bond acceptors (Lipinski definition) is 4. The summed E-state index contributed by atoms with van der Waals surface area (Å²) < 4.78 is 5.38. The molecule has 0 radical (unpaired) electrons. The van der Waals surface area contributed by atoms with E-state index in [4.69, 9.17) is 9.84 Å². The number of carboxylic acid groups (broad SMARTS) is 1. The predicted molar refractivity (Wildman–Crippen MR) is 82.8 cm³/mol. The fourth-order valence-corrected chi connectivity index (χ4v) is 2.89. The molecule has 2 aliphatic rings. The van der Waals surface area contributed by atoms with Crippen LogP contribution in [-0.4, -0.2) is 65.3 Å². The molecule has 1 aliphatic carbocycles. The van der Waals surface area contributed by atoms with Gasteiger partial charge in [0.2, 0.25) is 0 Å². The quantitative estimate of drug-likeness (QED) is 0.842. The molecular weight excluding hydrogens is 284 g/mol. The molecule has 0 unspecified atom stereocenters. The lowest BCUT2D eigenvalue weighted by atomic mass is 9.98. The van der Waals surface area contributed by atoms with Crippen molar-refractivity contribution in [2.75, 3.05) is 32.7 Å². The van der Waals surface area contributed by atoms with Crippen molar-refractivity contribution in [1.29, 1.82) is 0 Å². The second-order valence-corrected chi connectivity index (χ2v) is 7.63. The summed E-state index contributed by atoms with van der Waals surface area (Å²) in [6.45, 7) is 9.58. The molecule has 1 amide bonds. The first kappa shape index (κ1) is 17.1. The van der Waals surface area contributed by atoms with Crippen LogP contribution < -0.4 is 0 Å². The van der Waals surface area contributed by atoms with Gasteiger partial charge in [-0.15, -0.1) is 0 Å². The monoisotopic (exact) mass is 312 g/mol. The highest BCUT2D eigenvalue weighted by Gasteiger charge is 2.44. The zero-order valence-electron chi connectivity index (χ0n) is 13.9. The van der Waals surface area contributed by atoms with Crippen molar-refractivity contribution >= 4 is 12.1 Å². The third kappa shape index (κ3) is 5.16. The molecule has 6 nitrogen and oxygen atoms in total. The molecule has 1 N–H and O–H groups in total.